The molecule has 5 rings (SSSR count). The fourth-order valence-corrected chi connectivity index (χ4v) is 3.81. The van der Waals surface area contributed by atoms with E-state index in [0.717, 1.165) is 24.6 Å². The minimum absolute atomic E-state index is 0.0409. The Bertz CT molecular complexity index is 1330. The third-order valence-electron chi connectivity index (χ3n) is 5.48. The quantitative estimate of drug-likeness (QED) is 0.465. The van der Waals surface area contributed by atoms with E-state index in [9.17, 15) is 9.59 Å². The normalized spacial score (nSPS) is 14.9. The summed E-state index contributed by atoms with van der Waals surface area (Å²) in [5.74, 6) is 1.45. The molecule has 0 aromatic carbocycles. The number of hydrogen-bond acceptors (Lipinski definition) is 8. The van der Waals surface area contributed by atoms with E-state index in [4.69, 9.17) is 0 Å². The van der Waals surface area contributed by atoms with E-state index < -0.39 is 0 Å². The van der Waals surface area contributed by atoms with E-state index >= 15 is 0 Å². The molecule has 0 spiro atoms. The van der Waals surface area contributed by atoms with Gasteiger partial charge in [-0.15, -0.1) is 15.3 Å². The molecule has 1 saturated heterocycles. The molecule has 1 aliphatic heterocycles. The van der Waals surface area contributed by atoms with Crippen molar-refractivity contribution in [3.63, 3.8) is 0 Å². The number of carbonyl (C=O) groups excluding carboxylic acids is 1. The highest BCUT2D eigenvalue weighted by atomic mass is 16.2. The maximum Gasteiger partial charge on any atom is 0.263 e. The van der Waals surface area contributed by atoms with E-state index in [1.807, 2.05) is 19.1 Å². The Balaban J connectivity index is 1.30. The van der Waals surface area contributed by atoms with Gasteiger partial charge < -0.3 is 9.80 Å². The van der Waals surface area contributed by atoms with Crippen molar-refractivity contribution in [3.05, 3.63) is 53.0 Å². The van der Waals surface area contributed by atoms with Crippen LogP contribution >= 0.6 is 0 Å². The Kier molecular flexibility index (Phi) is 4.77. The third kappa shape index (κ3) is 3.58. The first-order valence-electron chi connectivity index (χ1n) is 10.1. The minimum atomic E-state index is -0.260. The van der Waals surface area contributed by atoms with Crippen molar-refractivity contribution in [1.82, 2.24) is 39.2 Å². The summed E-state index contributed by atoms with van der Waals surface area (Å²) in [5.41, 5.74) is 0.830. The van der Waals surface area contributed by atoms with Crippen molar-refractivity contribution in [1.29, 1.82) is 0 Å². The van der Waals surface area contributed by atoms with Gasteiger partial charge in [0.15, 0.2) is 17.1 Å². The zero-order chi connectivity index (χ0) is 21.4. The summed E-state index contributed by atoms with van der Waals surface area (Å²) in [7, 11) is 0. The topological polar surface area (TPSA) is 114 Å². The summed E-state index contributed by atoms with van der Waals surface area (Å²) in [4.78, 5) is 37.8. The van der Waals surface area contributed by atoms with Crippen molar-refractivity contribution in [2.45, 2.75) is 19.9 Å². The van der Waals surface area contributed by atoms with E-state index in [1.54, 1.807) is 27.7 Å². The average molecular weight is 419 g/mol. The molecule has 1 aliphatic rings. The second-order valence-electron chi connectivity index (χ2n) is 7.48. The molecule has 0 unspecified atom stereocenters. The molecule has 0 atom stereocenters. The second-order valence-corrected chi connectivity index (χ2v) is 7.48. The van der Waals surface area contributed by atoms with Gasteiger partial charge in [0.05, 0.1) is 5.39 Å². The highest BCUT2D eigenvalue weighted by Gasteiger charge is 2.21. The summed E-state index contributed by atoms with van der Waals surface area (Å²) < 4.78 is 3.07. The van der Waals surface area contributed by atoms with Crippen molar-refractivity contribution in [3.8, 4) is 0 Å². The van der Waals surface area contributed by atoms with Crippen LogP contribution in [0, 0.1) is 6.92 Å². The lowest BCUT2D eigenvalue weighted by Crippen LogP contribution is -2.39. The minimum Gasteiger partial charge on any atom is -0.353 e. The number of aromatic nitrogens is 7. The van der Waals surface area contributed by atoms with Crippen LogP contribution in [0.5, 0.6) is 0 Å². The van der Waals surface area contributed by atoms with Gasteiger partial charge in [-0.3, -0.25) is 14.2 Å². The first kappa shape index (κ1) is 19.1. The molecule has 1 fully saturated rings. The summed E-state index contributed by atoms with van der Waals surface area (Å²) in [6.07, 6.45) is 3.78. The molecule has 4 aromatic heterocycles. The highest BCUT2D eigenvalue weighted by molar-refractivity contribution is 5.77. The highest BCUT2D eigenvalue weighted by Crippen LogP contribution is 2.15. The van der Waals surface area contributed by atoms with Crippen LogP contribution in [0.4, 0.5) is 5.82 Å². The SMILES string of the molecule is Cc1nnc2ccc(N3CCCN(C(=O)Cn4cnc5ncccc5c4=O)CC3)nn12. The Morgan fingerprint density at radius 2 is 1.97 bits per heavy atom. The van der Waals surface area contributed by atoms with Crippen molar-refractivity contribution in [2.24, 2.45) is 0 Å². The van der Waals surface area contributed by atoms with Gasteiger partial charge in [-0.2, -0.15) is 4.52 Å². The first-order chi connectivity index (χ1) is 15.1. The van der Waals surface area contributed by atoms with E-state index in [1.165, 1.54) is 10.9 Å². The van der Waals surface area contributed by atoms with Crippen molar-refractivity contribution < 1.29 is 4.79 Å². The lowest BCUT2D eigenvalue weighted by Gasteiger charge is -2.23. The van der Waals surface area contributed by atoms with Gasteiger partial charge in [0.1, 0.15) is 18.7 Å². The first-order valence-corrected chi connectivity index (χ1v) is 10.1. The number of hydrogen-bond donors (Lipinski definition) is 0. The predicted molar refractivity (Wildman–Crippen MR) is 113 cm³/mol. The number of amides is 1. The lowest BCUT2D eigenvalue weighted by molar-refractivity contribution is -0.131. The molecular formula is C20H21N9O2. The number of rotatable bonds is 3. The van der Waals surface area contributed by atoms with Gasteiger partial charge in [0, 0.05) is 32.4 Å². The number of fused-ring (bicyclic) bond motifs is 2. The molecule has 11 nitrogen and oxygen atoms in total. The molecule has 1 amide bonds. The molecule has 0 radical (unpaired) electrons. The largest absolute Gasteiger partial charge is 0.353 e. The van der Waals surface area contributed by atoms with Crippen LogP contribution < -0.4 is 10.5 Å². The van der Waals surface area contributed by atoms with Gasteiger partial charge in [0.25, 0.3) is 5.56 Å². The van der Waals surface area contributed by atoms with Crippen LogP contribution in [-0.2, 0) is 11.3 Å². The Labute approximate surface area is 177 Å². The molecule has 0 N–H and O–H groups in total. The summed E-state index contributed by atoms with van der Waals surface area (Å²) in [5, 5.41) is 13.2. The molecular weight excluding hydrogens is 398 g/mol. The van der Waals surface area contributed by atoms with Crippen LogP contribution in [0.3, 0.4) is 0 Å². The van der Waals surface area contributed by atoms with Crippen LogP contribution in [0.15, 0.2) is 41.6 Å². The predicted octanol–water partition coefficient (Wildman–Crippen LogP) is 0.277. The molecule has 4 aromatic rings. The molecule has 0 saturated carbocycles. The number of carbonyl (C=O) groups is 1. The van der Waals surface area contributed by atoms with Crippen molar-refractivity contribution >= 4 is 28.4 Å². The maximum absolute atomic E-state index is 12.9. The molecule has 158 valence electrons. The van der Waals surface area contributed by atoms with Gasteiger partial charge in [-0.05, 0) is 37.6 Å². The van der Waals surface area contributed by atoms with Crippen LogP contribution in [0.25, 0.3) is 16.7 Å². The van der Waals surface area contributed by atoms with E-state index in [0.29, 0.717) is 36.3 Å². The van der Waals surface area contributed by atoms with Crippen LogP contribution in [0.1, 0.15) is 12.2 Å². The number of anilines is 1. The average Bonchev–Trinajstić information content (AvgIpc) is 2.99. The molecule has 0 bridgehead atoms. The van der Waals surface area contributed by atoms with Crippen LogP contribution in [0.2, 0.25) is 0 Å². The summed E-state index contributed by atoms with van der Waals surface area (Å²) >= 11 is 0. The molecule has 11 heteroatoms. The fraction of sp³-hybridized carbons (Fsp3) is 0.350. The second kappa shape index (κ2) is 7.74. The Morgan fingerprint density at radius 1 is 1.06 bits per heavy atom. The van der Waals surface area contributed by atoms with Gasteiger partial charge in [-0.25, -0.2) is 9.97 Å². The Hall–Kier alpha value is -3.89. The van der Waals surface area contributed by atoms with Gasteiger partial charge in [-0.1, -0.05) is 0 Å². The third-order valence-corrected chi connectivity index (χ3v) is 5.48. The Morgan fingerprint density at radius 3 is 2.87 bits per heavy atom. The molecule has 5 heterocycles. The number of aryl methyl sites for hydroxylation is 1. The lowest BCUT2D eigenvalue weighted by atomic mass is 10.3. The molecule has 31 heavy (non-hydrogen) atoms. The summed E-state index contributed by atoms with van der Waals surface area (Å²) in [6, 6.07) is 7.18. The zero-order valence-electron chi connectivity index (χ0n) is 17.0. The van der Waals surface area contributed by atoms with Gasteiger partial charge in [0.2, 0.25) is 5.91 Å². The smallest absolute Gasteiger partial charge is 0.263 e. The number of nitrogens with zero attached hydrogens (tertiary/aromatic N) is 9. The van der Waals surface area contributed by atoms with E-state index in [2.05, 4.69) is 30.2 Å². The van der Waals surface area contributed by atoms with Crippen molar-refractivity contribution in [2.75, 3.05) is 31.1 Å². The summed E-state index contributed by atoms with van der Waals surface area (Å²) in [6.45, 7) is 4.43. The fourth-order valence-electron chi connectivity index (χ4n) is 3.81. The van der Waals surface area contributed by atoms with Crippen LogP contribution in [-0.4, -0.2) is 71.3 Å². The van der Waals surface area contributed by atoms with Gasteiger partial charge >= 0.3 is 0 Å². The monoisotopic (exact) mass is 419 g/mol. The van der Waals surface area contributed by atoms with E-state index in [-0.39, 0.29) is 18.0 Å². The zero-order valence-corrected chi connectivity index (χ0v) is 17.0. The number of pyridine rings is 1. The molecule has 0 aliphatic carbocycles. The standard InChI is InChI=1S/C20H21N9O2/c1-14-23-24-16-5-6-17(25-29(14)16)26-8-3-9-27(11-10-26)18(30)12-28-13-22-19-15(20(28)31)4-2-7-21-19/h2,4-7,13H,3,8-12H2,1H3. The maximum atomic E-state index is 12.9.